The fourth-order valence-corrected chi connectivity index (χ4v) is 4.74. The number of aromatic nitrogens is 5. The minimum Gasteiger partial charge on any atom is -0.477 e. The van der Waals surface area contributed by atoms with Gasteiger partial charge in [-0.05, 0) is 25.0 Å². The van der Waals surface area contributed by atoms with Gasteiger partial charge >= 0.3 is 12.0 Å². The number of nitrogens with one attached hydrogen (secondary N) is 2. The standard InChI is InChI=1S/C26H23N7O7/c34-23(35)15-7-4-10-27-21(15)39-25-18-17(37-24(38-18)13-5-2-1-3-6-13)22(40-25)33-12-30-16-19(28-11-29-20(16)33)32-26(36)31-14-8-9-14/h1-7,10-12,14,17-18,22,24-25H,8-9H2,(H,34,35)(H2,28,29,31,32,36)/t17?,18?,22?,24-,25?/m1/s1. The molecule has 7 rings (SSSR count). The van der Waals surface area contributed by atoms with Crippen LogP contribution in [0.3, 0.4) is 0 Å². The number of urea groups is 1. The number of carboxylic acid groups (broad SMARTS) is 1. The van der Waals surface area contributed by atoms with E-state index in [4.69, 9.17) is 18.9 Å². The van der Waals surface area contributed by atoms with Gasteiger partial charge in [0.05, 0.1) is 6.33 Å². The van der Waals surface area contributed by atoms with E-state index in [0.717, 1.165) is 18.4 Å². The lowest BCUT2D eigenvalue weighted by Gasteiger charge is -2.22. The normalized spacial score (nSPS) is 25.4. The molecule has 4 unspecified atom stereocenters. The van der Waals surface area contributed by atoms with Crippen LogP contribution in [0.4, 0.5) is 10.6 Å². The van der Waals surface area contributed by atoms with Gasteiger partial charge in [0, 0.05) is 17.8 Å². The fourth-order valence-electron chi connectivity index (χ4n) is 4.74. The van der Waals surface area contributed by atoms with Crippen LogP contribution in [0, 0.1) is 0 Å². The Balaban J connectivity index is 1.21. The molecule has 1 saturated carbocycles. The van der Waals surface area contributed by atoms with Crippen LogP contribution >= 0.6 is 0 Å². The predicted octanol–water partition coefficient (Wildman–Crippen LogP) is 2.62. The Morgan fingerprint density at radius 2 is 1.80 bits per heavy atom. The molecule has 3 fully saturated rings. The van der Waals surface area contributed by atoms with E-state index in [1.54, 1.807) is 4.57 Å². The minimum atomic E-state index is -1.19. The van der Waals surface area contributed by atoms with Gasteiger partial charge in [-0.2, -0.15) is 0 Å². The van der Waals surface area contributed by atoms with E-state index in [1.165, 1.54) is 31.0 Å². The average molecular weight is 546 g/mol. The quantitative estimate of drug-likeness (QED) is 0.312. The highest BCUT2D eigenvalue weighted by atomic mass is 16.8. The third-order valence-electron chi connectivity index (χ3n) is 6.79. The first-order valence-corrected chi connectivity index (χ1v) is 12.7. The maximum atomic E-state index is 12.3. The van der Waals surface area contributed by atoms with Crippen molar-refractivity contribution < 1.29 is 33.6 Å². The molecule has 14 nitrogen and oxygen atoms in total. The summed E-state index contributed by atoms with van der Waals surface area (Å²) in [7, 11) is 0. The summed E-state index contributed by atoms with van der Waals surface area (Å²) in [6, 6.07) is 12.1. The molecule has 2 aliphatic heterocycles. The number of fused-ring (bicyclic) bond motifs is 2. The van der Waals surface area contributed by atoms with E-state index < -0.39 is 37.0 Å². The Morgan fingerprint density at radius 1 is 0.975 bits per heavy atom. The zero-order valence-corrected chi connectivity index (χ0v) is 20.8. The number of hydrogen-bond donors (Lipinski definition) is 3. The second-order valence-electron chi connectivity index (χ2n) is 9.54. The third-order valence-corrected chi connectivity index (χ3v) is 6.79. The summed E-state index contributed by atoms with van der Waals surface area (Å²) >= 11 is 0. The summed E-state index contributed by atoms with van der Waals surface area (Å²) in [6.07, 6.45) is 2.11. The molecule has 5 heterocycles. The molecule has 40 heavy (non-hydrogen) atoms. The number of nitrogens with zero attached hydrogens (tertiary/aromatic N) is 5. The Bertz CT molecular complexity index is 1580. The molecule has 1 aliphatic carbocycles. The molecule has 4 aromatic rings. The Kier molecular flexibility index (Phi) is 5.99. The summed E-state index contributed by atoms with van der Waals surface area (Å²) in [6.45, 7) is 0. The maximum Gasteiger partial charge on any atom is 0.341 e. The van der Waals surface area contributed by atoms with Gasteiger partial charge < -0.3 is 29.4 Å². The van der Waals surface area contributed by atoms with Crippen molar-refractivity contribution in [3.05, 3.63) is 72.4 Å². The first kappa shape index (κ1) is 24.4. The first-order chi connectivity index (χ1) is 19.5. The van der Waals surface area contributed by atoms with Crippen LogP contribution in [0.5, 0.6) is 5.88 Å². The third kappa shape index (κ3) is 4.47. The molecule has 2 saturated heterocycles. The van der Waals surface area contributed by atoms with Crippen molar-refractivity contribution >= 4 is 29.0 Å². The molecule has 14 heteroatoms. The van der Waals surface area contributed by atoms with Gasteiger partial charge in [0.25, 0.3) is 0 Å². The molecule has 1 aromatic carbocycles. The number of carbonyl (C=O) groups excluding carboxylic acids is 1. The maximum absolute atomic E-state index is 12.3. The largest absolute Gasteiger partial charge is 0.477 e. The zero-order valence-electron chi connectivity index (χ0n) is 20.8. The van der Waals surface area contributed by atoms with Crippen LogP contribution in [-0.2, 0) is 14.2 Å². The second kappa shape index (κ2) is 9.82. The summed E-state index contributed by atoms with van der Waals surface area (Å²) in [5.74, 6) is -1.06. The molecule has 0 radical (unpaired) electrons. The predicted molar refractivity (Wildman–Crippen MR) is 135 cm³/mol. The van der Waals surface area contributed by atoms with Crippen molar-refractivity contribution in [1.29, 1.82) is 0 Å². The number of pyridine rings is 1. The molecule has 3 N–H and O–H groups in total. The smallest absolute Gasteiger partial charge is 0.341 e. The molecular weight excluding hydrogens is 522 g/mol. The topological polar surface area (TPSA) is 172 Å². The van der Waals surface area contributed by atoms with Crippen molar-refractivity contribution in [2.75, 3.05) is 5.32 Å². The van der Waals surface area contributed by atoms with E-state index in [0.29, 0.717) is 11.2 Å². The number of anilines is 1. The Labute approximate surface area is 226 Å². The molecule has 0 spiro atoms. The molecule has 2 amide bonds. The summed E-state index contributed by atoms with van der Waals surface area (Å²) in [5, 5.41) is 15.2. The molecule has 0 bridgehead atoms. The zero-order chi connectivity index (χ0) is 27.2. The van der Waals surface area contributed by atoms with Crippen molar-refractivity contribution in [3.63, 3.8) is 0 Å². The van der Waals surface area contributed by atoms with Gasteiger partial charge in [0.15, 0.2) is 35.6 Å². The number of rotatable bonds is 7. The molecule has 3 aromatic heterocycles. The summed E-state index contributed by atoms with van der Waals surface area (Å²) < 4.78 is 26.4. The SMILES string of the molecule is O=C(Nc1ncnc2c1ncn2C1OC(Oc2ncccc2C(=O)O)C2O[C@H](c3ccccc3)OC21)NC1CC1. The van der Waals surface area contributed by atoms with Crippen molar-refractivity contribution in [2.45, 2.75) is 49.9 Å². The van der Waals surface area contributed by atoms with Gasteiger partial charge in [0.1, 0.15) is 18.0 Å². The lowest BCUT2D eigenvalue weighted by Crippen LogP contribution is -2.33. The van der Waals surface area contributed by atoms with Gasteiger partial charge in [-0.25, -0.2) is 29.5 Å². The van der Waals surface area contributed by atoms with Gasteiger partial charge in [0.2, 0.25) is 12.2 Å². The van der Waals surface area contributed by atoms with Crippen molar-refractivity contribution in [2.24, 2.45) is 0 Å². The monoisotopic (exact) mass is 545 g/mol. The van der Waals surface area contributed by atoms with Crippen LogP contribution in [-0.4, -0.2) is 66.1 Å². The van der Waals surface area contributed by atoms with E-state index in [-0.39, 0.29) is 29.3 Å². The van der Waals surface area contributed by atoms with Crippen molar-refractivity contribution in [1.82, 2.24) is 29.8 Å². The average Bonchev–Trinajstić information content (AvgIpc) is 3.36. The van der Waals surface area contributed by atoms with Crippen LogP contribution in [0.25, 0.3) is 11.2 Å². The van der Waals surface area contributed by atoms with Crippen LogP contribution in [0.2, 0.25) is 0 Å². The number of aromatic carboxylic acids is 1. The number of benzene rings is 1. The van der Waals surface area contributed by atoms with Gasteiger partial charge in [-0.1, -0.05) is 30.3 Å². The lowest BCUT2D eigenvalue weighted by atomic mass is 10.2. The molecule has 3 aliphatic rings. The number of hydrogen-bond acceptors (Lipinski definition) is 10. The number of amides is 2. The number of ether oxygens (including phenoxy) is 4. The van der Waals surface area contributed by atoms with Crippen molar-refractivity contribution in [3.8, 4) is 5.88 Å². The highest BCUT2D eigenvalue weighted by molar-refractivity contribution is 5.96. The Morgan fingerprint density at radius 3 is 2.60 bits per heavy atom. The van der Waals surface area contributed by atoms with Crippen LogP contribution in [0.1, 0.15) is 41.3 Å². The van der Waals surface area contributed by atoms with E-state index >= 15 is 0 Å². The van der Waals surface area contributed by atoms with E-state index in [1.807, 2.05) is 30.3 Å². The van der Waals surface area contributed by atoms with Crippen LogP contribution < -0.4 is 15.4 Å². The molecular formula is C26H23N7O7. The number of carboxylic acids is 1. The number of imidazole rings is 1. The van der Waals surface area contributed by atoms with Gasteiger partial charge in [-0.15, -0.1) is 0 Å². The highest BCUT2D eigenvalue weighted by Crippen LogP contribution is 2.45. The summed E-state index contributed by atoms with van der Waals surface area (Å²) in [5.41, 5.74) is 1.42. The van der Waals surface area contributed by atoms with E-state index in [2.05, 4.69) is 30.6 Å². The van der Waals surface area contributed by atoms with E-state index in [9.17, 15) is 14.7 Å². The number of carbonyl (C=O) groups is 2. The molecule has 204 valence electrons. The minimum absolute atomic E-state index is 0.114. The van der Waals surface area contributed by atoms with Gasteiger partial charge in [-0.3, -0.25) is 9.88 Å². The second-order valence-corrected chi connectivity index (χ2v) is 9.54. The molecule has 5 atom stereocenters. The fraction of sp³-hybridized carbons (Fsp3) is 0.308. The summed E-state index contributed by atoms with van der Waals surface area (Å²) in [4.78, 5) is 41.2. The Hall–Kier alpha value is -4.66. The highest BCUT2D eigenvalue weighted by Gasteiger charge is 2.56. The lowest BCUT2D eigenvalue weighted by molar-refractivity contribution is -0.191. The van der Waals surface area contributed by atoms with Crippen LogP contribution in [0.15, 0.2) is 61.3 Å². The first-order valence-electron chi connectivity index (χ1n) is 12.7.